The van der Waals surface area contributed by atoms with Gasteiger partial charge in [-0.2, -0.15) is 0 Å². The maximum absolute atomic E-state index is 10.4. The first-order chi connectivity index (χ1) is 6.77. The molecule has 5 nitrogen and oxygen atoms in total. The van der Waals surface area contributed by atoms with E-state index in [1.54, 1.807) is 6.33 Å². The van der Waals surface area contributed by atoms with Crippen LogP contribution in [0.3, 0.4) is 0 Å². The van der Waals surface area contributed by atoms with Crippen molar-refractivity contribution in [2.75, 3.05) is 0 Å². The molecule has 0 amide bonds. The van der Waals surface area contributed by atoms with Gasteiger partial charge in [-0.25, -0.2) is 0 Å². The summed E-state index contributed by atoms with van der Waals surface area (Å²) < 4.78 is 2.02. The normalized spacial score (nSPS) is 16.6. The van der Waals surface area contributed by atoms with E-state index in [2.05, 4.69) is 10.2 Å². The number of carbonyl (C=O) groups is 1. The van der Waals surface area contributed by atoms with Crippen LogP contribution in [0.4, 0.5) is 0 Å². The predicted octanol–water partition coefficient (Wildman–Crippen LogP) is 1.02. The van der Waals surface area contributed by atoms with Gasteiger partial charge in [-0.1, -0.05) is 0 Å². The van der Waals surface area contributed by atoms with Crippen molar-refractivity contribution in [1.82, 2.24) is 14.8 Å². The molecule has 1 heterocycles. The Morgan fingerprint density at radius 1 is 1.64 bits per heavy atom. The molecule has 1 aliphatic rings. The maximum atomic E-state index is 10.4. The molecule has 2 rings (SSSR count). The van der Waals surface area contributed by atoms with Crippen LogP contribution in [-0.4, -0.2) is 25.8 Å². The maximum Gasteiger partial charge on any atom is 0.303 e. The molecule has 1 aromatic heterocycles. The molecule has 0 aliphatic heterocycles. The lowest BCUT2D eigenvalue weighted by molar-refractivity contribution is -0.137. The molecule has 1 aliphatic carbocycles. The number of aromatic nitrogens is 3. The number of carboxylic acid groups (broad SMARTS) is 1. The molecule has 0 aromatic carbocycles. The highest BCUT2D eigenvalue weighted by Crippen LogP contribution is 2.31. The summed E-state index contributed by atoms with van der Waals surface area (Å²) in [5.41, 5.74) is 0. The topological polar surface area (TPSA) is 68.0 Å². The van der Waals surface area contributed by atoms with E-state index in [0.29, 0.717) is 12.5 Å². The summed E-state index contributed by atoms with van der Waals surface area (Å²) in [7, 11) is 0. The second kappa shape index (κ2) is 3.77. The standard InChI is InChI=1S/C9H13N3O2/c13-9(14)5-4-8-11-10-6-12(8)7-2-1-3-7/h6-7H,1-5H2,(H,13,14). The molecule has 1 N–H and O–H groups in total. The third kappa shape index (κ3) is 1.76. The molecule has 0 radical (unpaired) electrons. The van der Waals surface area contributed by atoms with Crippen LogP contribution in [0.1, 0.15) is 37.5 Å². The monoisotopic (exact) mass is 195 g/mol. The molecule has 1 fully saturated rings. The lowest BCUT2D eigenvalue weighted by Gasteiger charge is -2.27. The summed E-state index contributed by atoms with van der Waals surface area (Å²) in [6.07, 6.45) is 5.90. The van der Waals surface area contributed by atoms with E-state index in [9.17, 15) is 4.79 Å². The Morgan fingerprint density at radius 2 is 2.43 bits per heavy atom. The van der Waals surface area contributed by atoms with Crippen LogP contribution in [0.2, 0.25) is 0 Å². The van der Waals surface area contributed by atoms with Gasteiger partial charge in [-0.3, -0.25) is 4.79 Å². The summed E-state index contributed by atoms with van der Waals surface area (Å²) >= 11 is 0. The van der Waals surface area contributed by atoms with E-state index in [1.807, 2.05) is 4.57 Å². The van der Waals surface area contributed by atoms with E-state index < -0.39 is 5.97 Å². The molecular weight excluding hydrogens is 182 g/mol. The van der Waals surface area contributed by atoms with Crippen molar-refractivity contribution >= 4 is 5.97 Å². The number of hydrogen-bond donors (Lipinski definition) is 1. The third-order valence-electron chi connectivity index (χ3n) is 2.68. The second-order valence-electron chi connectivity index (χ2n) is 3.63. The van der Waals surface area contributed by atoms with Crippen LogP contribution >= 0.6 is 0 Å². The Morgan fingerprint density at radius 3 is 3.00 bits per heavy atom. The smallest absolute Gasteiger partial charge is 0.303 e. The molecule has 0 unspecified atom stereocenters. The highest BCUT2D eigenvalue weighted by Gasteiger charge is 2.22. The van der Waals surface area contributed by atoms with Gasteiger partial charge in [0, 0.05) is 12.5 Å². The van der Waals surface area contributed by atoms with Gasteiger partial charge in [0.05, 0.1) is 6.42 Å². The van der Waals surface area contributed by atoms with Crippen molar-refractivity contribution in [2.45, 2.75) is 38.1 Å². The van der Waals surface area contributed by atoms with E-state index in [4.69, 9.17) is 5.11 Å². The number of rotatable bonds is 4. The fourth-order valence-corrected chi connectivity index (χ4v) is 1.63. The fraction of sp³-hybridized carbons (Fsp3) is 0.667. The largest absolute Gasteiger partial charge is 0.481 e. The first-order valence-corrected chi connectivity index (χ1v) is 4.87. The van der Waals surface area contributed by atoms with Crippen molar-refractivity contribution in [2.24, 2.45) is 0 Å². The minimum Gasteiger partial charge on any atom is -0.481 e. The minimum absolute atomic E-state index is 0.130. The van der Waals surface area contributed by atoms with Crippen LogP contribution in [-0.2, 0) is 11.2 Å². The zero-order valence-corrected chi connectivity index (χ0v) is 7.89. The molecule has 0 atom stereocenters. The van der Waals surface area contributed by atoms with Gasteiger partial charge in [0.15, 0.2) is 0 Å². The Kier molecular flexibility index (Phi) is 2.47. The number of carboxylic acids is 1. The van der Waals surface area contributed by atoms with Crippen molar-refractivity contribution in [3.8, 4) is 0 Å². The molecular formula is C9H13N3O2. The summed E-state index contributed by atoms with van der Waals surface area (Å²) in [4.78, 5) is 10.4. The van der Waals surface area contributed by atoms with Crippen LogP contribution in [0.25, 0.3) is 0 Å². The van der Waals surface area contributed by atoms with E-state index in [1.165, 1.54) is 6.42 Å². The first kappa shape index (κ1) is 9.18. The van der Waals surface area contributed by atoms with Crippen molar-refractivity contribution in [1.29, 1.82) is 0 Å². The van der Waals surface area contributed by atoms with Gasteiger partial charge in [-0.05, 0) is 19.3 Å². The van der Waals surface area contributed by atoms with Gasteiger partial charge in [0.25, 0.3) is 0 Å². The quantitative estimate of drug-likeness (QED) is 0.778. The van der Waals surface area contributed by atoms with Gasteiger partial charge >= 0.3 is 5.97 Å². The van der Waals surface area contributed by atoms with Gasteiger partial charge in [0.1, 0.15) is 12.2 Å². The first-order valence-electron chi connectivity index (χ1n) is 4.87. The number of aryl methyl sites for hydroxylation is 1. The highest BCUT2D eigenvalue weighted by molar-refractivity contribution is 5.66. The number of nitrogens with zero attached hydrogens (tertiary/aromatic N) is 3. The SMILES string of the molecule is O=C(O)CCc1nncn1C1CCC1. The molecule has 0 bridgehead atoms. The van der Waals surface area contributed by atoms with Crippen molar-refractivity contribution in [3.63, 3.8) is 0 Å². The van der Waals surface area contributed by atoms with Crippen LogP contribution in [0.15, 0.2) is 6.33 Å². The Bertz CT molecular complexity index is 331. The van der Waals surface area contributed by atoms with Crippen molar-refractivity contribution in [3.05, 3.63) is 12.2 Å². The molecule has 0 saturated heterocycles. The third-order valence-corrected chi connectivity index (χ3v) is 2.68. The molecule has 5 heteroatoms. The molecule has 1 aromatic rings. The summed E-state index contributed by atoms with van der Waals surface area (Å²) in [5, 5.41) is 16.3. The average molecular weight is 195 g/mol. The molecule has 0 spiro atoms. The highest BCUT2D eigenvalue weighted by atomic mass is 16.4. The van der Waals surface area contributed by atoms with Crippen LogP contribution < -0.4 is 0 Å². The Labute approximate surface area is 81.8 Å². The fourth-order valence-electron chi connectivity index (χ4n) is 1.63. The molecule has 14 heavy (non-hydrogen) atoms. The lowest BCUT2D eigenvalue weighted by atomic mass is 9.93. The summed E-state index contributed by atoms with van der Waals surface area (Å²) in [6.45, 7) is 0. The van der Waals surface area contributed by atoms with Gasteiger partial charge in [0.2, 0.25) is 0 Å². The average Bonchev–Trinajstić information content (AvgIpc) is 2.46. The zero-order chi connectivity index (χ0) is 9.97. The number of hydrogen-bond acceptors (Lipinski definition) is 3. The van der Waals surface area contributed by atoms with Gasteiger partial charge < -0.3 is 9.67 Å². The van der Waals surface area contributed by atoms with Crippen molar-refractivity contribution < 1.29 is 9.90 Å². The van der Waals surface area contributed by atoms with Crippen LogP contribution in [0.5, 0.6) is 0 Å². The predicted molar refractivity (Wildman–Crippen MR) is 48.9 cm³/mol. The van der Waals surface area contributed by atoms with E-state index >= 15 is 0 Å². The number of aliphatic carboxylic acids is 1. The molecule has 1 saturated carbocycles. The summed E-state index contributed by atoms with van der Waals surface area (Å²) in [5.74, 6) is 0.0188. The van der Waals surface area contributed by atoms with E-state index in [0.717, 1.165) is 18.7 Å². The van der Waals surface area contributed by atoms with Crippen LogP contribution in [0, 0.1) is 0 Å². The van der Waals surface area contributed by atoms with Gasteiger partial charge in [-0.15, -0.1) is 10.2 Å². The van der Waals surface area contributed by atoms with E-state index in [-0.39, 0.29) is 6.42 Å². The Hall–Kier alpha value is -1.39. The summed E-state index contributed by atoms with van der Waals surface area (Å²) in [6, 6.07) is 0.508. The zero-order valence-electron chi connectivity index (χ0n) is 7.89. The Balaban J connectivity index is 2.01. The minimum atomic E-state index is -0.784. The second-order valence-corrected chi connectivity index (χ2v) is 3.63. The lowest BCUT2D eigenvalue weighted by Crippen LogP contribution is -2.19. The molecule has 76 valence electrons.